The van der Waals surface area contributed by atoms with Crippen molar-refractivity contribution in [1.82, 2.24) is 9.80 Å². The SMILES string of the molecule is O=C(c1cc(F)c(F)c(F)c1)N1CCN(CC2CC2)CC1. The number of hydrogen-bond donors (Lipinski definition) is 0. The smallest absolute Gasteiger partial charge is 0.254 e. The quantitative estimate of drug-likeness (QED) is 0.799. The zero-order valence-electron chi connectivity index (χ0n) is 11.6. The number of amides is 1. The van der Waals surface area contributed by atoms with Gasteiger partial charge in [-0.1, -0.05) is 0 Å². The van der Waals surface area contributed by atoms with E-state index in [1.165, 1.54) is 12.8 Å². The fraction of sp³-hybridized carbons (Fsp3) is 0.533. The number of nitrogens with zero attached hydrogens (tertiary/aromatic N) is 2. The summed E-state index contributed by atoms with van der Waals surface area (Å²) in [4.78, 5) is 16.1. The molecule has 0 atom stereocenters. The number of halogens is 3. The Morgan fingerprint density at radius 1 is 1.05 bits per heavy atom. The molecule has 1 heterocycles. The van der Waals surface area contributed by atoms with Gasteiger partial charge in [0.15, 0.2) is 17.5 Å². The summed E-state index contributed by atoms with van der Waals surface area (Å²) >= 11 is 0. The number of benzene rings is 1. The number of hydrogen-bond acceptors (Lipinski definition) is 2. The molecule has 1 saturated carbocycles. The van der Waals surface area contributed by atoms with Crippen LogP contribution in [0.25, 0.3) is 0 Å². The molecule has 1 amide bonds. The zero-order chi connectivity index (χ0) is 15.0. The summed E-state index contributed by atoms with van der Waals surface area (Å²) in [5, 5.41) is 0. The van der Waals surface area contributed by atoms with Crippen molar-refractivity contribution in [3.05, 3.63) is 35.1 Å². The highest BCUT2D eigenvalue weighted by Gasteiger charge is 2.28. The van der Waals surface area contributed by atoms with Crippen molar-refractivity contribution in [2.75, 3.05) is 32.7 Å². The Hall–Kier alpha value is -1.56. The Labute approximate surface area is 121 Å². The maximum absolute atomic E-state index is 13.2. The second-order valence-corrected chi connectivity index (χ2v) is 5.79. The highest BCUT2D eigenvalue weighted by atomic mass is 19.2. The van der Waals surface area contributed by atoms with Gasteiger partial charge in [0.1, 0.15) is 0 Å². The highest BCUT2D eigenvalue weighted by Crippen LogP contribution is 2.30. The summed E-state index contributed by atoms with van der Waals surface area (Å²) < 4.78 is 39.3. The number of piperazine rings is 1. The molecule has 21 heavy (non-hydrogen) atoms. The van der Waals surface area contributed by atoms with E-state index in [2.05, 4.69) is 4.90 Å². The maximum atomic E-state index is 13.2. The lowest BCUT2D eigenvalue weighted by molar-refractivity contribution is 0.0631. The minimum Gasteiger partial charge on any atom is -0.336 e. The van der Waals surface area contributed by atoms with Crippen LogP contribution in [0, 0.1) is 23.4 Å². The number of carbonyl (C=O) groups excluding carboxylic acids is 1. The van der Waals surface area contributed by atoms with Crippen LogP contribution in [-0.2, 0) is 0 Å². The lowest BCUT2D eigenvalue weighted by atomic mass is 10.1. The minimum absolute atomic E-state index is 0.137. The van der Waals surface area contributed by atoms with E-state index in [-0.39, 0.29) is 5.56 Å². The van der Waals surface area contributed by atoms with Gasteiger partial charge < -0.3 is 4.90 Å². The van der Waals surface area contributed by atoms with Crippen molar-refractivity contribution >= 4 is 5.91 Å². The van der Waals surface area contributed by atoms with Gasteiger partial charge in [0.05, 0.1) is 0 Å². The van der Waals surface area contributed by atoms with Crippen molar-refractivity contribution in [2.24, 2.45) is 5.92 Å². The first kappa shape index (κ1) is 14.4. The Bertz CT molecular complexity index is 529. The third-order valence-corrected chi connectivity index (χ3v) is 4.10. The van der Waals surface area contributed by atoms with E-state index in [0.29, 0.717) is 13.1 Å². The zero-order valence-corrected chi connectivity index (χ0v) is 11.6. The van der Waals surface area contributed by atoms with E-state index < -0.39 is 23.4 Å². The van der Waals surface area contributed by atoms with Crippen molar-refractivity contribution in [2.45, 2.75) is 12.8 Å². The van der Waals surface area contributed by atoms with Gasteiger partial charge >= 0.3 is 0 Å². The van der Waals surface area contributed by atoms with Crippen LogP contribution in [-0.4, -0.2) is 48.4 Å². The molecule has 0 unspecified atom stereocenters. The van der Waals surface area contributed by atoms with Gasteiger partial charge in [0.2, 0.25) is 0 Å². The summed E-state index contributed by atoms with van der Waals surface area (Å²) in [6.07, 6.45) is 2.57. The molecule has 2 aliphatic rings. The van der Waals surface area contributed by atoms with E-state index in [9.17, 15) is 18.0 Å². The maximum Gasteiger partial charge on any atom is 0.254 e. The third kappa shape index (κ3) is 3.20. The molecule has 1 aliphatic carbocycles. The largest absolute Gasteiger partial charge is 0.336 e. The van der Waals surface area contributed by atoms with E-state index in [1.807, 2.05) is 0 Å². The first-order valence-corrected chi connectivity index (χ1v) is 7.21. The topological polar surface area (TPSA) is 23.6 Å². The van der Waals surface area contributed by atoms with Crippen molar-refractivity contribution < 1.29 is 18.0 Å². The van der Waals surface area contributed by atoms with Crippen molar-refractivity contribution in [3.8, 4) is 0 Å². The Morgan fingerprint density at radius 3 is 2.14 bits per heavy atom. The lowest BCUT2D eigenvalue weighted by Crippen LogP contribution is -2.49. The van der Waals surface area contributed by atoms with Gasteiger partial charge in [-0.2, -0.15) is 0 Å². The first-order chi connectivity index (χ1) is 10.0. The van der Waals surface area contributed by atoms with Gasteiger partial charge in [-0.3, -0.25) is 9.69 Å². The molecule has 2 fully saturated rings. The minimum atomic E-state index is -1.54. The van der Waals surface area contributed by atoms with Crippen LogP contribution in [0.2, 0.25) is 0 Å². The molecule has 0 radical (unpaired) electrons. The Morgan fingerprint density at radius 2 is 1.62 bits per heavy atom. The van der Waals surface area contributed by atoms with Crippen molar-refractivity contribution in [1.29, 1.82) is 0 Å². The number of rotatable bonds is 3. The summed E-state index contributed by atoms with van der Waals surface area (Å²) in [5.74, 6) is -3.84. The fourth-order valence-electron chi connectivity index (χ4n) is 2.66. The molecule has 3 rings (SSSR count). The van der Waals surface area contributed by atoms with Crippen LogP contribution < -0.4 is 0 Å². The first-order valence-electron chi connectivity index (χ1n) is 7.21. The van der Waals surface area contributed by atoms with Crippen LogP contribution in [0.15, 0.2) is 12.1 Å². The Kier molecular flexibility index (Phi) is 3.89. The van der Waals surface area contributed by atoms with Gasteiger partial charge in [0, 0.05) is 38.3 Å². The van der Waals surface area contributed by atoms with E-state index >= 15 is 0 Å². The van der Waals surface area contributed by atoms with Gasteiger partial charge in [-0.15, -0.1) is 0 Å². The molecule has 1 aliphatic heterocycles. The summed E-state index contributed by atoms with van der Waals surface area (Å²) in [6.45, 7) is 3.68. The van der Waals surface area contributed by atoms with Crippen LogP contribution in [0.1, 0.15) is 23.2 Å². The molecule has 1 aromatic carbocycles. The van der Waals surface area contributed by atoms with Crippen LogP contribution >= 0.6 is 0 Å². The van der Waals surface area contributed by atoms with E-state index in [0.717, 1.165) is 37.7 Å². The average molecular weight is 298 g/mol. The molecular formula is C15H17F3N2O. The highest BCUT2D eigenvalue weighted by molar-refractivity contribution is 5.94. The lowest BCUT2D eigenvalue weighted by Gasteiger charge is -2.34. The summed E-state index contributed by atoms with van der Waals surface area (Å²) in [5.41, 5.74) is -0.137. The third-order valence-electron chi connectivity index (χ3n) is 4.10. The molecule has 0 aromatic heterocycles. The van der Waals surface area contributed by atoms with E-state index in [1.54, 1.807) is 4.90 Å². The van der Waals surface area contributed by atoms with Gasteiger partial charge in [-0.05, 0) is 30.9 Å². The summed E-state index contributed by atoms with van der Waals surface area (Å²) in [7, 11) is 0. The predicted octanol–water partition coefficient (Wildman–Crippen LogP) is 2.27. The Balaban J connectivity index is 1.63. The van der Waals surface area contributed by atoms with Crippen molar-refractivity contribution in [3.63, 3.8) is 0 Å². The van der Waals surface area contributed by atoms with Crippen LogP contribution in [0.5, 0.6) is 0 Å². The normalized spacial score (nSPS) is 19.9. The van der Waals surface area contributed by atoms with Gasteiger partial charge in [0.25, 0.3) is 5.91 Å². The molecule has 0 spiro atoms. The molecule has 1 aromatic rings. The monoisotopic (exact) mass is 298 g/mol. The van der Waals surface area contributed by atoms with Gasteiger partial charge in [-0.25, -0.2) is 13.2 Å². The summed E-state index contributed by atoms with van der Waals surface area (Å²) in [6, 6.07) is 1.52. The molecule has 1 saturated heterocycles. The average Bonchev–Trinajstić information content (AvgIpc) is 3.28. The van der Waals surface area contributed by atoms with Crippen LogP contribution in [0.3, 0.4) is 0 Å². The molecule has 3 nitrogen and oxygen atoms in total. The second-order valence-electron chi connectivity index (χ2n) is 5.79. The molecule has 114 valence electrons. The molecule has 0 bridgehead atoms. The number of carbonyl (C=O) groups is 1. The van der Waals surface area contributed by atoms with Crippen LogP contribution in [0.4, 0.5) is 13.2 Å². The molecular weight excluding hydrogens is 281 g/mol. The molecule has 0 N–H and O–H groups in total. The second kappa shape index (κ2) is 5.67. The standard InChI is InChI=1S/C15H17F3N2O/c16-12-7-11(8-13(17)14(12)18)15(21)20-5-3-19(4-6-20)9-10-1-2-10/h7-8,10H,1-6,9H2. The van der Waals surface area contributed by atoms with E-state index in [4.69, 9.17) is 0 Å². The predicted molar refractivity (Wildman–Crippen MR) is 71.4 cm³/mol. The molecule has 6 heteroatoms. The fourth-order valence-corrected chi connectivity index (χ4v) is 2.66.